The lowest BCUT2D eigenvalue weighted by molar-refractivity contribution is 0.475. The molecular weight excluding hydrogens is 338 g/mol. The summed E-state index contributed by atoms with van der Waals surface area (Å²) in [6, 6.07) is 25.0. The van der Waals surface area contributed by atoms with E-state index in [-0.39, 0.29) is 5.75 Å². The molecule has 0 bridgehead atoms. The number of hydrogen-bond acceptors (Lipinski definition) is 3. The van der Waals surface area contributed by atoms with Gasteiger partial charge in [-0.3, -0.25) is 0 Å². The highest BCUT2D eigenvalue weighted by molar-refractivity contribution is 7.08. The van der Waals surface area contributed by atoms with Gasteiger partial charge in [0.2, 0.25) is 0 Å². The van der Waals surface area contributed by atoms with Crippen LogP contribution in [-0.2, 0) is 0 Å². The van der Waals surface area contributed by atoms with Crippen LogP contribution in [-0.4, -0.2) is 5.11 Å². The standard InChI is InChI=1S/C23H18NOS/c1-16-14-26-15-23(16)19-5-2-4-18(12-19)17-8-10-20(11-9-17)24-21-6-3-7-22(25)13-21/h2-3,5-15,24-25H,1H3. The predicted molar refractivity (Wildman–Crippen MR) is 110 cm³/mol. The summed E-state index contributed by atoms with van der Waals surface area (Å²) in [5.74, 6) is 0.252. The van der Waals surface area contributed by atoms with Crippen molar-refractivity contribution >= 4 is 22.7 Å². The fourth-order valence-corrected chi connectivity index (χ4v) is 3.80. The van der Waals surface area contributed by atoms with Crippen LogP contribution in [0.1, 0.15) is 5.56 Å². The Kier molecular flexibility index (Phi) is 4.46. The third-order valence-electron chi connectivity index (χ3n) is 4.30. The van der Waals surface area contributed by atoms with Crippen LogP contribution in [0.15, 0.2) is 77.5 Å². The molecule has 4 aromatic rings. The molecule has 4 rings (SSSR count). The molecule has 0 aliphatic rings. The van der Waals surface area contributed by atoms with Crippen LogP contribution >= 0.6 is 11.3 Å². The zero-order valence-electron chi connectivity index (χ0n) is 14.4. The van der Waals surface area contributed by atoms with Gasteiger partial charge < -0.3 is 10.4 Å². The molecule has 1 radical (unpaired) electrons. The zero-order valence-corrected chi connectivity index (χ0v) is 15.2. The number of anilines is 2. The van der Waals surface area contributed by atoms with Crippen molar-refractivity contribution in [2.75, 3.05) is 5.32 Å². The second-order valence-electron chi connectivity index (χ2n) is 6.21. The Labute approximate surface area is 157 Å². The predicted octanol–water partition coefficient (Wildman–Crippen LogP) is 6.64. The first-order chi connectivity index (χ1) is 12.7. The van der Waals surface area contributed by atoms with E-state index in [0.29, 0.717) is 0 Å². The molecular formula is C23H18NOS. The van der Waals surface area contributed by atoms with Crippen molar-refractivity contribution in [3.8, 4) is 28.0 Å². The topological polar surface area (TPSA) is 32.3 Å². The first-order valence-corrected chi connectivity index (χ1v) is 9.35. The van der Waals surface area contributed by atoms with Crippen molar-refractivity contribution in [2.24, 2.45) is 0 Å². The molecule has 1 aromatic heterocycles. The Bertz CT molecular complexity index is 1030. The van der Waals surface area contributed by atoms with Gasteiger partial charge >= 0.3 is 0 Å². The van der Waals surface area contributed by atoms with Crippen LogP contribution in [0, 0.1) is 13.0 Å². The van der Waals surface area contributed by atoms with E-state index >= 15 is 0 Å². The average Bonchev–Trinajstić information content (AvgIpc) is 3.09. The van der Waals surface area contributed by atoms with Gasteiger partial charge in [0, 0.05) is 17.4 Å². The van der Waals surface area contributed by atoms with E-state index in [1.807, 2.05) is 30.3 Å². The number of rotatable bonds is 4. The molecule has 1 heterocycles. The zero-order chi connectivity index (χ0) is 17.9. The highest BCUT2D eigenvalue weighted by atomic mass is 32.1. The Morgan fingerprint density at radius 2 is 1.73 bits per heavy atom. The molecule has 3 heteroatoms. The monoisotopic (exact) mass is 356 g/mol. The van der Waals surface area contributed by atoms with Crippen molar-refractivity contribution in [3.63, 3.8) is 0 Å². The van der Waals surface area contributed by atoms with Crippen LogP contribution in [0.4, 0.5) is 11.4 Å². The minimum absolute atomic E-state index is 0.252. The summed E-state index contributed by atoms with van der Waals surface area (Å²) in [7, 11) is 0. The highest BCUT2D eigenvalue weighted by Gasteiger charge is 2.05. The van der Waals surface area contributed by atoms with Crippen molar-refractivity contribution in [1.82, 2.24) is 0 Å². The first kappa shape index (κ1) is 16.4. The van der Waals surface area contributed by atoms with Crippen molar-refractivity contribution in [2.45, 2.75) is 6.92 Å². The molecule has 2 nitrogen and oxygen atoms in total. The SMILES string of the molecule is Cc1cscc1-c1cc[c]c(-c2ccc(Nc3cccc(O)c3)cc2)c1. The van der Waals surface area contributed by atoms with E-state index < -0.39 is 0 Å². The van der Waals surface area contributed by atoms with Gasteiger partial charge in [-0.1, -0.05) is 30.3 Å². The van der Waals surface area contributed by atoms with Gasteiger partial charge in [-0.25, -0.2) is 0 Å². The summed E-state index contributed by atoms with van der Waals surface area (Å²) in [5.41, 5.74) is 7.85. The molecule has 0 atom stereocenters. The van der Waals surface area contributed by atoms with Crippen LogP contribution < -0.4 is 5.32 Å². The van der Waals surface area contributed by atoms with Gasteiger partial charge in [-0.2, -0.15) is 11.3 Å². The maximum absolute atomic E-state index is 9.56. The number of aryl methyl sites for hydroxylation is 1. The second kappa shape index (κ2) is 7.06. The quantitative estimate of drug-likeness (QED) is 0.429. The highest BCUT2D eigenvalue weighted by Crippen LogP contribution is 2.31. The maximum Gasteiger partial charge on any atom is 0.117 e. The molecule has 26 heavy (non-hydrogen) atoms. The lowest BCUT2D eigenvalue weighted by atomic mass is 9.99. The summed E-state index contributed by atoms with van der Waals surface area (Å²) in [4.78, 5) is 0. The summed E-state index contributed by atoms with van der Waals surface area (Å²) in [6.07, 6.45) is 0. The minimum atomic E-state index is 0.252. The van der Waals surface area contributed by atoms with Crippen LogP contribution in [0.2, 0.25) is 0 Å². The lowest BCUT2D eigenvalue weighted by Crippen LogP contribution is -1.90. The number of hydrogen-bond donors (Lipinski definition) is 2. The number of thiophene rings is 1. The third kappa shape index (κ3) is 3.48. The number of benzene rings is 3. The molecule has 0 aliphatic heterocycles. The minimum Gasteiger partial charge on any atom is -0.508 e. The average molecular weight is 356 g/mol. The van der Waals surface area contributed by atoms with E-state index in [4.69, 9.17) is 0 Å². The molecule has 0 saturated heterocycles. The number of phenolic OH excluding ortho intramolecular Hbond substituents is 1. The van der Waals surface area contributed by atoms with E-state index in [1.165, 1.54) is 16.7 Å². The molecule has 3 aromatic carbocycles. The molecule has 0 spiro atoms. The van der Waals surface area contributed by atoms with Crippen molar-refractivity contribution in [1.29, 1.82) is 0 Å². The van der Waals surface area contributed by atoms with Gasteiger partial charge in [0.05, 0.1) is 0 Å². The van der Waals surface area contributed by atoms with Gasteiger partial charge in [0.25, 0.3) is 0 Å². The van der Waals surface area contributed by atoms with E-state index in [2.05, 4.69) is 53.3 Å². The van der Waals surface area contributed by atoms with Gasteiger partial charge in [-0.15, -0.1) is 0 Å². The van der Waals surface area contributed by atoms with Gasteiger partial charge in [-0.05, 0) is 81.9 Å². The largest absolute Gasteiger partial charge is 0.508 e. The van der Waals surface area contributed by atoms with Gasteiger partial charge in [0.1, 0.15) is 5.75 Å². The number of phenols is 1. The van der Waals surface area contributed by atoms with E-state index in [1.54, 1.807) is 23.5 Å². The molecule has 127 valence electrons. The van der Waals surface area contributed by atoms with Crippen LogP contribution in [0.5, 0.6) is 5.75 Å². The summed E-state index contributed by atoms with van der Waals surface area (Å²) >= 11 is 1.73. The lowest BCUT2D eigenvalue weighted by Gasteiger charge is -2.09. The van der Waals surface area contributed by atoms with Crippen molar-refractivity contribution in [3.05, 3.63) is 89.1 Å². The smallest absolute Gasteiger partial charge is 0.117 e. The Morgan fingerprint density at radius 3 is 2.46 bits per heavy atom. The Hall–Kier alpha value is -3.04. The molecule has 0 saturated carbocycles. The third-order valence-corrected chi connectivity index (χ3v) is 5.16. The molecule has 2 N–H and O–H groups in total. The Morgan fingerprint density at radius 1 is 0.885 bits per heavy atom. The summed E-state index contributed by atoms with van der Waals surface area (Å²) < 4.78 is 0. The molecule has 0 aliphatic carbocycles. The van der Waals surface area contributed by atoms with Crippen molar-refractivity contribution < 1.29 is 5.11 Å². The molecule has 0 fully saturated rings. The van der Waals surface area contributed by atoms with Crippen LogP contribution in [0.3, 0.4) is 0 Å². The van der Waals surface area contributed by atoms with Gasteiger partial charge in [0.15, 0.2) is 0 Å². The summed E-state index contributed by atoms with van der Waals surface area (Å²) in [5, 5.41) is 17.2. The fraction of sp³-hybridized carbons (Fsp3) is 0.0435. The number of aromatic hydroxyl groups is 1. The maximum atomic E-state index is 9.56. The summed E-state index contributed by atoms with van der Waals surface area (Å²) in [6.45, 7) is 2.14. The van der Waals surface area contributed by atoms with Crippen LogP contribution in [0.25, 0.3) is 22.3 Å². The van der Waals surface area contributed by atoms with E-state index in [0.717, 1.165) is 22.5 Å². The van der Waals surface area contributed by atoms with E-state index in [9.17, 15) is 5.11 Å². The number of nitrogens with one attached hydrogen (secondary N) is 1. The Balaban J connectivity index is 1.58. The normalized spacial score (nSPS) is 10.7. The first-order valence-electron chi connectivity index (χ1n) is 8.40. The molecule has 0 unspecified atom stereocenters. The fourth-order valence-electron chi connectivity index (χ4n) is 2.94. The molecule has 0 amide bonds. The second-order valence-corrected chi connectivity index (χ2v) is 6.96.